The molecule has 16 heavy (non-hydrogen) atoms. The van der Waals surface area contributed by atoms with Crippen molar-refractivity contribution in [2.45, 2.75) is 0 Å². The van der Waals surface area contributed by atoms with Crippen molar-refractivity contribution in [1.82, 2.24) is 9.80 Å². The second-order valence-corrected chi connectivity index (χ2v) is 3.81. The first kappa shape index (κ1) is 9.08. The van der Waals surface area contributed by atoms with Gasteiger partial charge >= 0.3 is 0 Å². The zero-order valence-corrected chi connectivity index (χ0v) is 9.12. The molecule has 80 valence electrons. The lowest BCUT2D eigenvalue weighted by Crippen LogP contribution is -2.37. The number of likely N-dealkylation sites (N-methyl/N-ethyl adjacent to an activating group) is 1. The van der Waals surface area contributed by atoms with Crippen molar-refractivity contribution in [3.05, 3.63) is 35.4 Å². The fourth-order valence-corrected chi connectivity index (χ4v) is 1.86. The Kier molecular flexibility index (Phi) is 1.80. The molecule has 0 saturated carbocycles. The highest BCUT2D eigenvalue weighted by Gasteiger charge is 2.29. The first-order valence-corrected chi connectivity index (χ1v) is 5.02. The molecule has 5 heteroatoms. The van der Waals surface area contributed by atoms with Crippen molar-refractivity contribution in [2.75, 3.05) is 14.1 Å². The second kappa shape index (κ2) is 3.16. The molecule has 0 amide bonds. The van der Waals surface area contributed by atoms with Crippen molar-refractivity contribution >= 4 is 18.5 Å². The molecule has 0 aromatic heterocycles. The third-order valence-electron chi connectivity index (χ3n) is 2.59. The molecule has 0 radical (unpaired) electrons. The lowest BCUT2D eigenvalue weighted by atomic mass is 10.1. The molecule has 0 spiro atoms. The zero-order valence-electron chi connectivity index (χ0n) is 9.12. The van der Waals surface area contributed by atoms with Crippen molar-refractivity contribution in [2.24, 2.45) is 15.0 Å². The quantitative estimate of drug-likeness (QED) is 0.651. The predicted molar refractivity (Wildman–Crippen MR) is 64.2 cm³/mol. The fraction of sp³-hybridized carbons (Fsp3) is 0.182. The van der Waals surface area contributed by atoms with Crippen LogP contribution in [-0.4, -0.2) is 42.4 Å². The van der Waals surface area contributed by atoms with Crippen LogP contribution in [0, 0.1) is 0 Å². The van der Waals surface area contributed by atoms with E-state index in [0.717, 1.165) is 17.2 Å². The fourth-order valence-electron chi connectivity index (χ4n) is 1.86. The van der Waals surface area contributed by atoms with Crippen molar-refractivity contribution in [3.8, 4) is 0 Å². The van der Waals surface area contributed by atoms with Gasteiger partial charge in [-0.15, -0.1) is 0 Å². The van der Waals surface area contributed by atoms with E-state index in [1.54, 1.807) is 6.21 Å². The minimum atomic E-state index is 0.672. The van der Waals surface area contributed by atoms with Crippen LogP contribution >= 0.6 is 0 Å². The summed E-state index contributed by atoms with van der Waals surface area (Å²) in [6, 6.07) is 0. The number of rotatable bonds is 1. The summed E-state index contributed by atoms with van der Waals surface area (Å²) in [5, 5.41) is 0. The van der Waals surface area contributed by atoms with Crippen LogP contribution < -0.4 is 0 Å². The lowest BCUT2D eigenvalue weighted by molar-refractivity contribution is 0.472. The van der Waals surface area contributed by atoms with Gasteiger partial charge in [0.1, 0.15) is 12.2 Å². The van der Waals surface area contributed by atoms with Crippen LogP contribution in [0.1, 0.15) is 0 Å². The number of hydrogen-bond acceptors (Lipinski definition) is 5. The van der Waals surface area contributed by atoms with Gasteiger partial charge in [-0.3, -0.25) is 4.90 Å². The Bertz CT molecular complexity index is 516. The molecule has 3 aliphatic heterocycles. The summed E-state index contributed by atoms with van der Waals surface area (Å²) >= 11 is 0. The van der Waals surface area contributed by atoms with Gasteiger partial charge in [0, 0.05) is 20.3 Å². The molecule has 0 aliphatic carbocycles. The summed E-state index contributed by atoms with van der Waals surface area (Å²) < 4.78 is 0. The number of nitrogens with zero attached hydrogens (tertiary/aromatic N) is 5. The van der Waals surface area contributed by atoms with Crippen molar-refractivity contribution in [1.29, 1.82) is 0 Å². The van der Waals surface area contributed by atoms with Crippen molar-refractivity contribution in [3.63, 3.8) is 0 Å². The number of guanidine groups is 1. The SMILES string of the molecule is CN(C)C1=CC=C2N=CN=C3N=CC=C1N23. The monoisotopic (exact) mass is 213 g/mol. The van der Waals surface area contributed by atoms with Crippen LogP contribution in [0.4, 0.5) is 0 Å². The standard InChI is InChI=1S/C11H11N5/c1-15(2)8-3-4-10-13-7-14-11-12-6-5-9(8)16(10)11/h3-7H,1-2H3. The highest BCUT2D eigenvalue weighted by atomic mass is 15.4. The summed E-state index contributed by atoms with van der Waals surface area (Å²) in [6.07, 6.45) is 9.30. The van der Waals surface area contributed by atoms with E-state index >= 15 is 0 Å². The van der Waals surface area contributed by atoms with Gasteiger partial charge in [0.15, 0.2) is 0 Å². The van der Waals surface area contributed by atoms with Gasteiger partial charge < -0.3 is 4.90 Å². The van der Waals surface area contributed by atoms with E-state index in [4.69, 9.17) is 0 Å². The first-order chi connectivity index (χ1) is 7.77. The molecule has 0 atom stereocenters. The van der Waals surface area contributed by atoms with E-state index in [1.807, 2.05) is 31.1 Å². The van der Waals surface area contributed by atoms with E-state index in [-0.39, 0.29) is 0 Å². The van der Waals surface area contributed by atoms with Crippen LogP contribution in [0.2, 0.25) is 0 Å². The maximum atomic E-state index is 4.22. The van der Waals surface area contributed by atoms with Gasteiger partial charge in [-0.1, -0.05) is 0 Å². The Morgan fingerprint density at radius 3 is 2.81 bits per heavy atom. The van der Waals surface area contributed by atoms with E-state index in [2.05, 4.69) is 26.0 Å². The first-order valence-electron chi connectivity index (χ1n) is 5.02. The van der Waals surface area contributed by atoms with E-state index in [0.29, 0.717) is 5.96 Å². The van der Waals surface area contributed by atoms with Gasteiger partial charge in [0.25, 0.3) is 0 Å². The molecule has 0 fully saturated rings. The summed E-state index contributed by atoms with van der Waals surface area (Å²) in [5.74, 6) is 1.53. The van der Waals surface area contributed by atoms with Crippen LogP contribution in [0.3, 0.4) is 0 Å². The van der Waals surface area contributed by atoms with Crippen LogP contribution in [0.5, 0.6) is 0 Å². The number of allylic oxidation sites excluding steroid dienone is 3. The predicted octanol–water partition coefficient (Wildman–Crippen LogP) is 0.955. The normalized spacial score (nSPS) is 20.8. The molecule has 0 aromatic rings. The molecule has 3 heterocycles. The molecular formula is C11H11N5. The number of hydrogen-bond donors (Lipinski definition) is 0. The average Bonchev–Trinajstić information content (AvgIpc) is 2.30. The second-order valence-electron chi connectivity index (χ2n) is 3.81. The van der Waals surface area contributed by atoms with Crippen LogP contribution in [0.15, 0.2) is 50.4 Å². The third-order valence-corrected chi connectivity index (χ3v) is 2.59. The molecule has 3 aliphatic rings. The Morgan fingerprint density at radius 2 is 2.00 bits per heavy atom. The van der Waals surface area contributed by atoms with E-state index in [9.17, 15) is 0 Å². The maximum Gasteiger partial charge on any atom is 0.237 e. The average molecular weight is 213 g/mol. The highest BCUT2D eigenvalue weighted by molar-refractivity contribution is 6.01. The van der Waals surface area contributed by atoms with Gasteiger partial charge in [-0.2, -0.15) is 0 Å². The highest BCUT2D eigenvalue weighted by Crippen LogP contribution is 2.30. The number of aliphatic imine (C=N–C) groups is 3. The summed E-state index contributed by atoms with van der Waals surface area (Å²) in [6.45, 7) is 0. The summed E-state index contributed by atoms with van der Waals surface area (Å²) in [4.78, 5) is 16.6. The smallest absolute Gasteiger partial charge is 0.237 e. The summed E-state index contributed by atoms with van der Waals surface area (Å²) in [5.41, 5.74) is 2.19. The Labute approximate surface area is 93.5 Å². The van der Waals surface area contributed by atoms with Gasteiger partial charge in [0.05, 0.1) is 11.4 Å². The Balaban J connectivity index is 2.17. The molecule has 0 saturated heterocycles. The van der Waals surface area contributed by atoms with Crippen LogP contribution in [0.25, 0.3) is 0 Å². The van der Waals surface area contributed by atoms with Crippen LogP contribution in [-0.2, 0) is 0 Å². The minimum absolute atomic E-state index is 0.672. The summed E-state index contributed by atoms with van der Waals surface area (Å²) in [7, 11) is 4.03. The maximum absolute atomic E-state index is 4.22. The minimum Gasteiger partial charge on any atom is -0.376 e. The van der Waals surface area contributed by atoms with E-state index < -0.39 is 0 Å². The molecular weight excluding hydrogens is 202 g/mol. The molecule has 0 N–H and O–H groups in total. The topological polar surface area (TPSA) is 43.6 Å². The zero-order chi connectivity index (χ0) is 11.1. The van der Waals surface area contributed by atoms with E-state index in [1.165, 1.54) is 6.34 Å². The molecule has 5 nitrogen and oxygen atoms in total. The molecule has 3 rings (SSSR count). The van der Waals surface area contributed by atoms with Gasteiger partial charge in [-0.25, -0.2) is 15.0 Å². The van der Waals surface area contributed by atoms with Gasteiger partial charge in [0.2, 0.25) is 5.96 Å². The Hall–Kier alpha value is -2.17. The van der Waals surface area contributed by atoms with Gasteiger partial charge in [-0.05, 0) is 18.2 Å². The third kappa shape index (κ3) is 1.14. The molecule has 0 unspecified atom stereocenters. The van der Waals surface area contributed by atoms with Crippen molar-refractivity contribution < 1.29 is 0 Å². The molecule has 0 bridgehead atoms. The Morgan fingerprint density at radius 1 is 1.12 bits per heavy atom. The largest absolute Gasteiger partial charge is 0.376 e. The molecule has 0 aromatic carbocycles. The lowest BCUT2D eigenvalue weighted by Gasteiger charge is -2.35.